The van der Waals surface area contributed by atoms with Gasteiger partial charge in [0.2, 0.25) is 10.0 Å². The second kappa shape index (κ2) is 5.80. The van der Waals surface area contributed by atoms with E-state index in [0.29, 0.717) is 0 Å². The molecule has 0 bridgehead atoms. The number of sulfonamides is 1. The first-order valence-electron chi connectivity index (χ1n) is 4.34. The highest BCUT2D eigenvalue weighted by Crippen LogP contribution is 2.01. The van der Waals surface area contributed by atoms with Crippen LogP contribution in [-0.4, -0.2) is 19.0 Å². The molecule has 0 aliphatic carbocycles. The molecule has 0 aromatic carbocycles. The fourth-order valence-corrected chi connectivity index (χ4v) is 1.30. The molecule has 0 fully saturated rings. The van der Waals surface area contributed by atoms with E-state index in [1.807, 2.05) is 13.8 Å². The molecule has 0 aliphatic heterocycles. The molecular formula is C9H17NO2S. The third kappa shape index (κ3) is 5.47. The zero-order valence-electron chi connectivity index (χ0n) is 8.40. The van der Waals surface area contributed by atoms with Gasteiger partial charge in [0.05, 0.1) is 6.26 Å². The molecular weight excluding hydrogens is 186 g/mol. The molecule has 0 heterocycles. The molecule has 0 aromatic rings. The topological polar surface area (TPSA) is 37.4 Å². The van der Waals surface area contributed by atoms with E-state index in [0.717, 1.165) is 12.8 Å². The van der Waals surface area contributed by atoms with Gasteiger partial charge >= 0.3 is 0 Å². The van der Waals surface area contributed by atoms with Crippen molar-refractivity contribution in [2.45, 2.75) is 26.7 Å². The third-order valence-corrected chi connectivity index (χ3v) is 2.37. The number of allylic oxidation sites excluding steroid dienone is 2. The summed E-state index contributed by atoms with van der Waals surface area (Å²) in [5.74, 6) is 0. The Balaban J connectivity index is 4.57. The number of rotatable bonds is 5. The fourth-order valence-electron chi connectivity index (χ4n) is 0.689. The van der Waals surface area contributed by atoms with Crippen LogP contribution < -0.4 is 0 Å². The van der Waals surface area contributed by atoms with Crippen LogP contribution in [0.4, 0.5) is 0 Å². The number of hydrogen-bond acceptors (Lipinski definition) is 2. The van der Waals surface area contributed by atoms with Crippen molar-refractivity contribution < 1.29 is 8.42 Å². The summed E-state index contributed by atoms with van der Waals surface area (Å²) in [6.45, 7) is 3.92. The van der Waals surface area contributed by atoms with E-state index in [1.54, 1.807) is 24.6 Å². The summed E-state index contributed by atoms with van der Waals surface area (Å²) in [6, 6.07) is 0. The fraction of sp³-hybridized carbons (Fsp3) is 0.556. The zero-order chi connectivity index (χ0) is 10.3. The molecule has 0 rings (SSSR count). The lowest BCUT2D eigenvalue weighted by Crippen LogP contribution is -2.18. The first kappa shape index (κ1) is 12.2. The van der Waals surface area contributed by atoms with Gasteiger partial charge in [-0.15, -0.1) is 0 Å². The Labute approximate surface area is 80.8 Å². The van der Waals surface area contributed by atoms with Gasteiger partial charge in [0.15, 0.2) is 0 Å². The molecule has 76 valence electrons. The zero-order valence-corrected chi connectivity index (χ0v) is 9.21. The van der Waals surface area contributed by atoms with Gasteiger partial charge in [-0.25, -0.2) is 8.42 Å². The highest BCUT2D eigenvalue weighted by Gasteiger charge is 2.06. The van der Waals surface area contributed by atoms with Crippen LogP contribution in [0.25, 0.3) is 0 Å². The lowest BCUT2D eigenvalue weighted by atomic mass is 10.4. The van der Waals surface area contributed by atoms with Crippen LogP contribution in [-0.2, 0) is 10.0 Å². The molecule has 0 spiro atoms. The molecule has 0 saturated carbocycles. The lowest BCUT2D eigenvalue weighted by molar-refractivity contribution is 0.559. The molecule has 3 nitrogen and oxygen atoms in total. The molecule has 0 aromatic heterocycles. The Morgan fingerprint density at radius 1 is 1.08 bits per heavy atom. The largest absolute Gasteiger partial charge is 0.254 e. The standard InChI is InChI=1S/C9H17NO2S/c1-4-6-8-10(9-7-5-2)13(3,11)12/h6-9H,4-5H2,1-3H3. The van der Waals surface area contributed by atoms with E-state index in [4.69, 9.17) is 0 Å². The summed E-state index contributed by atoms with van der Waals surface area (Å²) in [5, 5.41) is 0. The maximum atomic E-state index is 11.2. The van der Waals surface area contributed by atoms with Gasteiger partial charge in [0.1, 0.15) is 0 Å². The SMILES string of the molecule is CCC=CN(C=CCC)S(C)(=O)=O. The van der Waals surface area contributed by atoms with E-state index < -0.39 is 10.0 Å². The Bertz CT molecular complexity index is 264. The van der Waals surface area contributed by atoms with Gasteiger partial charge in [-0.05, 0) is 12.8 Å². The van der Waals surface area contributed by atoms with Crippen LogP contribution in [0.5, 0.6) is 0 Å². The molecule has 0 N–H and O–H groups in total. The van der Waals surface area contributed by atoms with Crippen LogP contribution in [0.15, 0.2) is 24.6 Å². The smallest absolute Gasteiger partial charge is 0.235 e. The van der Waals surface area contributed by atoms with Crippen molar-refractivity contribution >= 4 is 10.0 Å². The van der Waals surface area contributed by atoms with Crippen molar-refractivity contribution in [1.82, 2.24) is 4.31 Å². The van der Waals surface area contributed by atoms with Crippen LogP contribution >= 0.6 is 0 Å². The van der Waals surface area contributed by atoms with Gasteiger partial charge in [-0.3, -0.25) is 4.31 Å². The Kier molecular flexibility index (Phi) is 5.46. The predicted octanol–water partition coefficient (Wildman–Crippen LogP) is 2.10. The Morgan fingerprint density at radius 3 is 1.69 bits per heavy atom. The van der Waals surface area contributed by atoms with Crippen molar-refractivity contribution in [2.75, 3.05) is 6.26 Å². The quantitative estimate of drug-likeness (QED) is 0.686. The Morgan fingerprint density at radius 2 is 1.46 bits per heavy atom. The molecule has 0 aliphatic rings. The second-order valence-electron chi connectivity index (χ2n) is 2.68. The average molecular weight is 203 g/mol. The summed E-state index contributed by atoms with van der Waals surface area (Å²) >= 11 is 0. The lowest BCUT2D eigenvalue weighted by Gasteiger charge is -2.11. The summed E-state index contributed by atoms with van der Waals surface area (Å²) < 4.78 is 23.6. The van der Waals surface area contributed by atoms with Crippen molar-refractivity contribution in [3.63, 3.8) is 0 Å². The van der Waals surface area contributed by atoms with E-state index in [1.165, 1.54) is 10.6 Å². The predicted molar refractivity (Wildman–Crippen MR) is 55.5 cm³/mol. The van der Waals surface area contributed by atoms with Gasteiger partial charge in [0, 0.05) is 12.4 Å². The summed E-state index contributed by atoms with van der Waals surface area (Å²) in [7, 11) is -3.15. The van der Waals surface area contributed by atoms with Crippen molar-refractivity contribution in [1.29, 1.82) is 0 Å². The summed E-state index contributed by atoms with van der Waals surface area (Å²) in [4.78, 5) is 0. The highest BCUT2D eigenvalue weighted by molar-refractivity contribution is 7.88. The molecule has 13 heavy (non-hydrogen) atoms. The van der Waals surface area contributed by atoms with Crippen LogP contribution in [0.1, 0.15) is 26.7 Å². The molecule has 0 unspecified atom stereocenters. The normalized spacial score (nSPS) is 12.8. The van der Waals surface area contributed by atoms with E-state index in [-0.39, 0.29) is 0 Å². The van der Waals surface area contributed by atoms with Gasteiger partial charge in [-0.2, -0.15) is 0 Å². The minimum atomic E-state index is -3.15. The van der Waals surface area contributed by atoms with Gasteiger partial charge in [-0.1, -0.05) is 26.0 Å². The first-order chi connectivity index (χ1) is 6.02. The van der Waals surface area contributed by atoms with Crippen LogP contribution in [0, 0.1) is 0 Å². The van der Waals surface area contributed by atoms with E-state index in [9.17, 15) is 8.42 Å². The molecule has 4 heteroatoms. The molecule has 0 amide bonds. The number of nitrogens with zero attached hydrogens (tertiary/aromatic N) is 1. The number of hydrogen-bond donors (Lipinski definition) is 0. The monoisotopic (exact) mass is 203 g/mol. The van der Waals surface area contributed by atoms with Crippen molar-refractivity contribution in [3.05, 3.63) is 24.6 Å². The van der Waals surface area contributed by atoms with Crippen molar-refractivity contribution in [2.24, 2.45) is 0 Å². The maximum absolute atomic E-state index is 11.2. The van der Waals surface area contributed by atoms with E-state index >= 15 is 0 Å². The van der Waals surface area contributed by atoms with E-state index in [2.05, 4.69) is 0 Å². The van der Waals surface area contributed by atoms with Gasteiger partial charge < -0.3 is 0 Å². The molecule has 0 saturated heterocycles. The Hall–Kier alpha value is -0.770. The molecule has 0 atom stereocenters. The first-order valence-corrected chi connectivity index (χ1v) is 6.19. The van der Waals surface area contributed by atoms with Crippen LogP contribution in [0.2, 0.25) is 0 Å². The minimum absolute atomic E-state index is 0.825. The maximum Gasteiger partial charge on any atom is 0.235 e. The highest BCUT2D eigenvalue weighted by atomic mass is 32.2. The average Bonchev–Trinajstić information content (AvgIpc) is 2.02. The minimum Gasteiger partial charge on any atom is -0.254 e. The third-order valence-electron chi connectivity index (χ3n) is 1.36. The summed E-state index contributed by atoms with van der Waals surface area (Å²) in [6.07, 6.45) is 9.59. The van der Waals surface area contributed by atoms with Crippen molar-refractivity contribution in [3.8, 4) is 0 Å². The second-order valence-corrected chi connectivity index (χ2v) is 4.57. The summed E-state index contributed by atoms with van der Waals surface area (Å²) in [5.41, 5.74) is 0. The van der Waals surface area contributed by atoms with Gasteiger partial charge in [0.25, 0.3) is 0 Å². The molecule has 0 radical (unpaired) electrons. The van der Waals surface area contributed by atoms with Crippen LogP contribution in [0.3, 0.4) is 0 Å².